The molecular formula is C73H131N2O6P. The highest BCUT2D eigenvalue weighted by atomic mass is 31.2. The van der Waals surface area contributed by atoms with Gasteiger partial charge in [-0.25, -0.2) is 0 Å². The first-order valence-corrected chi connectivity index (χ1v) is 35.7. The molecule has 9 heteroatoms. The molecule has 0 aromatic carbocycles. The zero-order valence-electron chi connectivity index (χ0n) is 54.2. The van der Waals surface area contributed by atoms with Crippen molar-refractivity contribution in [2.24, 2.45) is 0 Å². The summed E-state index contributed by atoms with van der Waals surface area (Å²) in [5, 5.41) is 13.9. The number of rotatable bonds is 62. The van der Waals surface area contributed by atoms with Crippen LogP contribution < -0.4 is 10.2 Å². The number of unbranched alkanes of at least 4 members (excludes halogenated alkanes) is 33. The van der Waals surface area contributed by atoms with Crippen LogP contribution >= 0.6 is 7.82 Å². The fourth-order valence-corrected chi connectivity index (χ4v) is 10.4. The summed E-state index contributed by atoms with van der Waals surface area (Å²) in [6.45, 7) is 4.54. The Morgan fingerprint density at radius 2 is 0.756 bits per heavy atom. The molecule has 0 saturated heterocycles. The van der Waals surface area contributed by atoms with Gasteiger partial charge in [-0.1, -0.05) is 309 Å². The van der Waals surface area contributed by atoms with Gasteiger partial charge in [-0.2, -0.15) is 0 Å². The minimum atomic E-state index is -4.62. The van der Waals surface area contributed by atoms with Crippen LogP contribution in [0.5, 0.6) is 0 Å². The summed E-state index contributed by atoms with van der Waals surface area (Å²) in [4.78, 5) is 25.6. The van der Waals surface area contributed by atoms with Crippen molar-refractivity contribution < 1.29 is 32.9 Å². The van der Waals surface area contributed by atoms with Crippen LogP contribution in [0.25, 0.3) is 0 Å². The highest BCUT2D eigenvalue weighted by Crippen LogP contribution is 2.38. The van der Waals surface area contributed by atoms with Crippen LogP contribution in [0, 0.1) is 0 Å². The first-order chi connectivity index (χ1) is 40.0. The lowest BCUT2D eigenvalue weighted by Crippen LogP contribution is -2.45. The average Bonchev–Trinajstić information content (AvgIpc) is 3.45. The van der Waals surface area contributed by atoms with E-state index >= 15 is 0 Å². The SMILES string of the molecule is CC/C=C\C/C=C\C/C=C\C/C=C\C/C=C\C/C=C\C/C=C\CCCCCCCCCCCCCCCC(=O)NC(COP(=O)([O-])OCC[N+](C)(C)C)C(O)/C=C/CC/C=C/CCCCCCCCCCCCCCCCCCCCC. The molecule has 0 aromatic heterocycles. The predicted octanol–water partition coefficient (Wildman–Crippen LogP) is 21.2. The van der Waals surface area contributed by atoms with E-state index in [1.165, 1.54) is 193 Å². The standard InChI is InChI=1S/C73H131N2O6P/c1-6-8-10-12-14-16-18-20-22-24-26-28-30-32-33-34-35-36-37-38-39-40-41-43-45-47-49-51-53-55-57-59-61-63-65-67-73(77)74-71(70-81-82(78,79)80-69-68-75(3,4)5)72(76)66-64-62-60-58-56-54-52-50-48-46-44-42-31-29-27-25-23-21-19-17-15-13-11-9-7-2/h8,10,14,16,20,22,26,28,32-33,35-36,38-39,56,58,64,66,71-72,76H,6-7,9,11-13,15,17-19,21,23-25,27,29-31,34,37,40-55,57,59-63,65,67-70H2,1-5H3,(H-,74,77,78,79)/b10-8-,16-14-,22-20-,28-26-,33-32-,36-35-,39-38-,58-56+,66-64+. The van der Waals surface area contributed by atoms with E-state index in [9.17, 15) is 19.4 Å². The molecule has 0 heterocycles. The number of nitrogens with one attached hydrogen (secondary N) is 1. The maximum Gasteiger partial charge on any atom is 0.268 e. The molecule has 0 aliphatic rings. The normalized spacial score (nSPS) is 14.4. The molecule has 0 aliphatic heterocycles. The smallest absolute Gasteiger partial charge is 0.268 e. The van der Waals surface area contributed by atoms with E-state index in [2.05, 4.69) is 116 Å². The van der Waals surface area contributed by atoms with E-state index < -0.39 is 26.6 Å². The number of likely N-dealkylation sites (N-methyl/N-ethyl adjacent to an activating group) is 1. The lowest BCUT2D eigenvalue weighted by atomic mass is 10.0. The number of allylic oxidation sites excluding steroid dienone is 17. The molecular weight excluding hydrogens is 1030 g/mol. The molecule has 1 amide bonds. The van der Waals surface area contributed by atoms with Gasteiger partial charge >= 0.3 is 0 Å². The molecule has 2 N–H and O–H groups in total. The van der Waals surface area contributed by atoms with E-state index in [-0.39, 0.29) is 12.5 Å². The zero-order valence-corrected chi connectivity index (χ0v) is 55.1. The summed E-state index contributed by atoms with van der Waals surface area (Å²) in [6.07, 6.45) is 92.0. The zero-order chi connectivity index (χ0) is 59.8. The molecule has 474 valence electrons. The molecule has 0 radical (unpaired) electrons. The Morgan fingerprint density at radius 1 is 0.439 bits per heavy atom. The molecule has 0 saturated carbocycles. The highest BCUT2D eigenvalue weighted by Gasteiger charge is 2.23. The maximum atomic E-state index is 13.0. The molecule has 0 spiro atoms. The highest BCUT2D eigenvalue weighted by molar-refractivity contribution is 7.45. The number of hydrogen-bond acceptors (Lipinski definition) is 6. The summed E-state index contributed by atoms with van der Waals surface area (Å²) >= 11 is 0. The van der Waals surface area contributed by atoms with Crippen molar-refractivity contribution >= 4 is 13.7 Å². The molecule has 0 bridgehead atoms. The Hall–Kier alpha value is -2.84. The summed E-state index contributed by atoms with van der Waals surface area (Å²) in [5.41, 5.74) is 0. The molecule has 0 fully saturated rings. The number of phosphoric acid groups is 1. The Kier molecular flexibility index (Phi) is 60.5. The number of hydrogen-bond donors (Lipinski definition) is 2. The van der Waals surface area contributed by atoms with E-state index in [0.29, 0.717) is 17.4 Å². The number of phosphoric ester groups is 1. The van der Waals surface area contributed by atoms with Gasteiger partial charge in [0, 0.05) is 6.42 Å². The molecule has 0 rings (SSSR count). The number of carbonyl (C=O) groups is 1. The van der Waals surface area contributed by atoms with Crippen molar-refractivity contribution in [2.45, 2.75) is 309 Å². The second kappa shape index (κ2) is 62.7. The van der Waals surface area contributed by atoms with Crippen LogP contribution in [0.3, 0.4) is 0 Å². The number of aliphatic hydroxyl groups is 1. The third-order valence-corrected chi connectivity index (χ3v) is 15.9. The largest absolute Gasteiger partial charge is 0.756 e. The minimum absolute atomic E-state index is 0.0103. The lowest BCUT2D eigenvalue weighted by molar-refractivity contribution is -0.870. The lowest BCUT2D eigenvalue weighted by Gasteiger charge is -2.29. The number of nitrogens with zero attached hydrogens (tertiary/aromatic N) is 1. The Morgan fingerprint density at radius 3 is 1.13 bits per heavy atom. The maximum absolute atomic E-state index is 13.0. The van der Waals surface area contributed by atoms with Crippen molar-refractivity contribution in [1.29, 1.82) is 0 Å². The fraction of sp³-hybridized carbons (Fsp3) is 0.740. The van der Waals surface area contributed by atoms with E-state index in [4.69, 9.17) is 9.05 Å². The topological polar surface area (TPSA) is 108 Å². The van der Waals surface area contributed by atoms with Gasteiger partial charge in [-0.05, 0) is 89.9 Å². The Balaban J connectivity index is 4.14. The summed E-state index contributed by atoms with van der Waals surface area (Å²) in [6, 6.07) is -0.912. The first-order valence-electron chi connectivity index (χ1n) is 34.2. The Bertz CT molecular complexity index is 1700. The van der Waals surface area contributed by atoms with Crippen LogP contribution in [-0.2, 0) is 18.4 Å². The van der Waals surface area contributed by atoms with E-state index in [1.807, 2.05) is 27.2 Å². The van der Waals surface area contributed by atoms with Crippen LogP contribution in [0.4, 0.5) is 0 Å². The van der Waals surface area contributed by atoms with Crippen molar-refractivity contribution in [3.05, 3.63) is 109 Å². The minimum Gasteiger partial charge on any atom is -0.756 e. The van der Waals surface area contributed by atoms with Gasteiger partial charge in [-0.3, -0.25) is 9.36 Å². The quantitative estimate of drug-likeness (QED) is 0.0272. The van der Waals surface area contributed by atoms with Crippen molar-refractivity contribution in [1.82, 2.24) is 5.32 Å². The van der Waals surface area contributed by atoms with Gasteiger partial charge in [0.25, 0.3) is 7.82 Å². The van der Waals surface area contributed by atoms with Gasteiger partial charge in [0.15, 0.2) is 0 Å². The van der Waals surface area contributed by atoms with Crippen molar-refractivity contribution in [3.63, 3.8) is 0 Å². The number of carbonyl (C=O) groups excluding carboxylic acids is 1. The molecule has 8 nitrogen and oxygen atoms in total. The third-order valence-electron chi connectivity index (χ3n) is 15.0. The molecule has 82 heavy (non-hydrogen) atoms. The van der Waals surface area contributed by atoms with Gasteiger partial charge in [0.1, 0.15) is 13.2 Å². The fourth-order valence-electron chi connectivity index (χ4n) is 9.68. The van der Waals surface area contributed by atoms with Crippen LogP contribution in [0.15, 0.2) is 109 Å². The van der Waals surface area contributed by atoms with Gasteiger partial charge in [0.05, 0.1) is 39.9 Å². The summed E-state index contributed by atoms with van der Waals surface area (Å²) in [7, 11) is 1.24. The van der Waals surface area contributed by atoms with Crippen LogP contribution in [0.1, 0.15) is 296 Å². The van der Waals surface area contributed by atoms with E-state index in [1.54, 1.807) is 6.08 Å². The third kappa shape index (κ3) is 64.7. The van der Waals surface area contributed by atoms with Crippen molar-refractivity contribution in [3.8, 4) is 0 Å². The first kappa shape index (κ1) is 79.2. The number of amides is 1. The molecule has 0 aromatic rings. The average molecular weight is 1160 g/mol. The number of aliphatic hydroxyl groups excluding tert-OH is 1. The molecule has 0 aliphatic carbocycles. The van der Waals surface area contributed by atoms with Crippen LogP contribution in [-0.4, -0.2) is 68.5 Å². The predicted molar refractivity (Wildman–Crippen MR) is 357 cm³/mol. The van der Waals surface area contributed by atoms with Gasteiger partial charge < -0.3 is 28.8 Å². The van der Waals surface area contributed by atoms with Gasteiger partial charge in [-0.15, -0.1) is 0 Å². The second-order valence-electron chi connectivity index (χ2n) is 24.1. The van der Waals surface area contributed by atoms with Crippen molar-refractivity contribution in [2.75, 3.05) is 40.9 Å². The summed E-state index contributed by atoms with van der Waals surface area (Å²) in [5.74, 6) is -0.209. The number of quaternary nitrogens is 1. The van der Waals surface area contributed by atoms with Gasteiger partial charge in [0.2, 0.25) is 5.91 Å². The second-order valence-corrected chi connectivity index (χ2v) is 25.6. The van der Waals surface area contributed by atoms with Crippen LogP contribution in [0.2, 0.25) is 0 Å². The summed E-state index contributed by atoms with van der Waals surface area (Å²) < 4.78 is 23.4. The monoisotopic (exact) mass is 1160 g/mol. The Labute approximate surface area is 508 Å². The molecule has 3 unspecified atom stereocenters. The van der Waals surface area contributed by atoms with E-state index in [0.717, 1.165) is 83.5 Å². The molecule has 3 atom stereocenters.